The van der Waals surface area contributed by atoms with Gasteiger partial charge in [0, 0.05) is 36.3 Å². The van der Waals surface area contributed by atoms with Gasteiger partial charge in [-0.15, -0.1) is 11.3 Å². The van der Waals surface area contributed by atoms with Crippen molar-refractivity contribution in [3.63, 3.8) is 0 Å². The van der Waals surface area contributed by atoms with Gasteiger partial charge in [-0.25, -0.2) is 4.98 Å². The number of nitrogens with one attached hydrogen (secondary N) is 1. The highest BCUT2D eigenvalue weighted by Crippen LogP contribution is 2.32. The van der Waals surface area contributed by atoms with Crippen LogP contribution in [0.15, 0.2) is 41.8 Å². The lowest BCUT2D eigenvalue weighted by atomic mass is 9.99. The molecule has 1 aliphatic rings. The summed E-state index contributed by atoms with van der Waals surface area (Å²) in [7, 11) is 0. The number of thiazole rings is 1. The predicted octanol–water partition coefficient (Wildman–Crippen LogP) is 6.71. The number of hydrogen-bond acceptors (Lipinski definition) is 4. The van der Waals surface area contributed by atoms with Gasteiger partial charge in [-0.3, -0.25) is 4.79 Å². The van der Waals surface area contributed by atoms with E-state index in [1.54, 1.807) is 11.3 Å². The fourth-order valence-corrected chi connectivity index (χ4v) is 5.51. The van der Waals surface area contributed by atoms with Crippen molar-refractivity contribution in [1.82, 2.24) is 14.9 Å². The third-order valence-electron chi connectivity index (χ3n) is 6.90. The molecular formula is C28H37N3O2S. The summed E-state index contributed by atoms with van der Waals surface area (Å²) in [6.07, 6.45) is 7.00. The molecule has 2 unspecified atom stereocenters. The van der Waals surface area contributed by atoms with E-state index in [0.717, 1.165) is 72.2 Å². The van der Waals surface area contributed by atoms with Crippen molar-refractivity contribution < 1.29 is 9.53 Å². The molecule has 4 rings (SSSR count). The van der Waals surface area contributed by atoms with Crippen molar-refractivity contribution in [2.75, 3.05) is 13.2 Å². The van der Waals surface area contributed by atoms with Crippen molar-refractivity contribution in [2.24, 2.45) is 5.92 Å². The Morgan fingerprint density at radius 3 is 2.82 bits per heavy atom. The predicted molar refractivity (Wildman–Crippen MR) is 140 cm³/mol. The van der Waals surface area contributed by atoms with Gasteiger partial charge in [0.15, 0.2) is 0 Å². The first-order valence-electron chi connectivity index (χ1n) is 12.7. The molecule has 1 aromatic carbocycles. The first kappa shape index (κ1) is 24.7. The molecule has 1 amide bonds. The van der Waals surface area contributed by atoms with Gasteiger partial charge < -0.3 is 14.6 Å². The Balaban J connectivity index is 1.60. The lowest BCUT2D eigenvalue weighted by Gasteiger charge is -2.16. The number of ether oxygens (including phenoxy) is 1. The Labute approximate surface area is 207 Å². The fourth-order valence-electron chi connectivity index (χ4n) is 4.69. The monoisotopic (exact) mass is 479 g/mol. The third-order valence-corrected chi connectivity index (χ3v) is 7.79. The summed E-state index contributed by atoms with van der Waals surface area (Å²) in [6, 6.07) is 12.3. The van der Waals surface area contributed by atoms with E-state index in [0.29, 0.717) is 5.92 Å². The van der Waals surface area contributed by atoms with Crippen LogP contribution >= 0.6 is 11.3 Å². The van der Waals surface area contributed by atoms with E-state index in [9.17, 15) is 4.79 Å². The Bertz CT molecular complexity index is 1070. The van der Waals surface area contributed by atoms with E-state index in [1.807, 2.05) is 31.2 Å². The summed E-state index contributed by atoms with van der Waals surface area (Å²) >= 11 is 1.64. The summed E-state index contributed by atoms with van der Waals surface area (Å²) < 4.78 is 8.18. The van der Waals surface area contributed by atoms with Crippen LogP contribution in [-0.4, -0.2) is 34.7 Å². The van der Waals surface area contributed by atoms with Crippen LogP contribution in [0.5, 0.6) is 0 Å². The summed E-state index contributed by atoms with van der Waals surface area (Å²) in [5, 5.41) is 6.31. The lowest BCUT2D eigenvalue weighted by Crippen LogP contribution is -2.29. The molecule has 1 saturated heterocycles. The van der Waals surface area contributed by atoms with Crippen molar-refractivity contribution in [3.8, 4) is 22.0 Å². The molecule has 34 heavy (non-hydrogen) atoms. The fraction of sp³-hybridized carbons (Fsp3) is 0.500. The molecule has 1 fully saturated rings. The Morgan fingerprint density at radius 2 is 2.12 bits per heavy atom. The molecule has 0 aliphatic carbocycles. The van der Waals surface area contributed by atoms with Gasteiger partial charge in [-0.2, -0.15) is 0 Å². The number of unbranched alkanes of at least 4 members (excludes halogenated alkanes) is 1. The molecule has 5 nitrogen and oxygen atoms in total. The largest absolute Gasteiger partial charge is 0.376 e. The zero-order valence-electron chi connectivity index (χ0n) is 20.7. The highest BCUT2D eigenvalue weighted by atomic mass is 32.1. The molecule has 3 aromatic rings. The van der Waals surface area contributed by atoms with Gasteiger partial charge in [0.25, 0.3) is 5.91 Å². The van der Waals surface area contributed by atoms with E-state index in [4.69, 9.17) is 9.72 Å². The number of rotatable bonds is 11. The number of nitrogens with zero attached hydrogens (tertiary/aromatic N) is 2. The second-order valence-corrected chi connectivity index (χ2v) is 10.2. The Hall–Kier alpha value is -2.44. The van der Waals surface area contributed by atoms with Crippen LogP contribution in [0.3, 0.4) is 0 Å². The molecule has 2 atom stereocenters. The number of carbonyl (C=O) groups excluding carboxylic acids is 1. The molecule has 3 heterocycles. The lowest BCUT2D eigenvalue weighted by molar-refractivity contribution is 0.0935. The summed E-state index contributed by atoms with van der Waals surface area (Å²) in [4.78, 5) is 18.2. The van der Waals surface area contributed by atoms with Crippen molar-refractivity contribution >= 4 is 17.2 Å². The zero-order chi connectivity index (χ0) is 23.9. The van der Waals surface area contributed by atoms with Crippen molar-refractivity contribution in [3.05, 3.63) is 53.0 Å². The SMILES string of the molecule is CCCCC(CC)CNC(=O)c1cc(-c2csc(-c3ccccc3)n2)n(CC2CCCO2)c1C. The molecule has 0 radical (unpaired) electrons. The van der Waals surface area contributed by atoms with Crippen LogP contribution in [0, 0.1) is 12.8 Å². The van der Waals surface area contributed by atoms with Crippen LogP contribution in [-0.2, 0) is 11.3 Å². The first-order valence-corrected chi connectivity index (χ1v) is 13.6. The standard InChI is InChI=1S/C28H37N3O2S/c1-4-6-11-21(5-2)17-29-27(32)24-16-26(31(20(24)3)18-23-14-10-15-33-23)25-19-34-28(30-25)22-12-8-7-9-13-22/h7-9,12-13,16,19,21,23H,4-6,10-11,14-15,17-18H2,1-3H3,(H,29,32). The van der Waals surface area contributed by atoms with Gasteiger partial charge in [-0.1, -0.05) is 63.4 Å². The van der Waals surface area contributed by atoms with Crippen molar-refractivity contribution in [2.45, 2.75) is 71.9 Å². The minimum absolute atomic E-state index is 0.0123. The van der Waals surface area contributed by atoms with E-state index in [-0.39, 0.29) is 12.0 Å². The third kappa shape index (κ3) is 5.78. The first-order chi connectivity index (χ1) is 16.6. The Kier molecular flexibility index (Phi) is 8.57. The molecule has 0 bridgehead atoms. The molecule has 6 heteroatoms. The molecule has 1 aliphatic heterocycles. The normalized spacial score (nSPS) is 16.6. The summed E-state index contributed by atoms with van der Waals surface area (Å²) in [5.41, 5.74) is 4.75. The van der Waals surface area contributed by atoms with Crippen LogP contribution in [0.1, 0.15) is 68.4 Å². The summed E-state index contributed by atoms with van der Waals surface area (Å²) in [5.74, 6) is 0.544. The maximum Gasteiger partial charge on any atom is 0.253 e. The molecule has 2 aromatic heterocycles. The quantitative estimate of drug-likeness (QED) is 0.332. The minimum atomic E-state index is 0.0123. The average Bonchev–Trinajstić information content (AvgIpc) is 3.62. The van der Waals surface area contributed by atoms with Gasteiger partial charge in [0.2, 0.25) is 0 Å². The van der Waals surface area contributed by atoms with Crippen LogP contribution in [0.4, 0.5) is 0 Å². The number of benzene rings is 1. The van der Waals surface area contributed by atoms with Crippen LogP contribution in [0.25, 0.3) is 22.0 Å². The van der Waals surface area contributed by atoms with E-state index in [1.165, 1.54) is 19.3 Å². The highest BCUT2D eigenvalue weighted by molar-refractivity contribution is 7.13. The van der Waals surface area contributed by atoms with Gasteiger partial charge in [-0.05, 0) is 38.2 Å². The molecule has 1 N–H and O–H groups in total. The van der Waals surface area contributed by atoms with Gasteiger partial charge in [0.1, 0.15) is 5.01 Å². The van der Waals surface area contributed by atoms with Gasteiger partial charge in [0.05, 0.1) is 23.1 Å². The second-order valence-electron chi connectivity index (χ2n) is 9.30. The zero-order valence-corrected chi connectivity index (χ0v) is 21.5. The van der Waals surface area contributed by atoms with E-state index >= 15 is 0 Å². The maximum absolute atomic E-state index is 13.2. The minimum Gasteiger partial charge on any atom is -0.376 e. The topological polar surface area (TPSA) is 56.2 Å². The average molecular weight is 480 g/mol. The Morgan fingerprint density at radius 1 is 1.29 bits per heavy atom. The van der Waals surface area contributed by atoms with Crippen molar-refractivity contribution in [1.29, 1.82) is 0 Å². The number of aromatic nitrogens is 2. The highest BCUT2D eigenvalue weighted by Gasteiger charge is 2.24. The summed E-state index contributed by atoms with van der Waals surface area (Å²) in [6.45, 7) is 8.77. The second kappa shape index (κ2) is 11.8. The number of hydrogen-bond donors (Lipinski definition) is 1. The van der Waals surface area contributed by atoms with E-state index in [2.05, 4.69) is 41.2 Å². The number of amides is 1. The van der Waals surface area contributed by atoms with Crippen LogP contribution < -0.4 is 5.32 Å². The van der Waals surface area contributed by atoms with Crippen LogP contribution in [0.2, 0.25) is 0 Å². The van der Waals surface area contributed by atoms with E-state index < -0.39 is 0 Å². The molecular weight excluding hydrogens is 442 g/mol. The molecule has 0 spiro atoms. The van der Waals surface area contributed by atoms with Gasteiger partial charge >= 0.3 is 0 Å². The molecule has 0 saturated carbocycles. The maximum atomic E-state index is 13.2. The number of carbonyl (C=O) groups is 1. The molecule has 182 valence electrons. The smallest absolute Gasteiger partial charge is 0.253 e.